The van der Waals surface area contributed by atoms with E-state index in [-0.39, 0.29) is 13.3 Å². The predicted molar refractivity (Wildman–Crippen MR) is 90.0 cm³/mol. The van der Waals surface area contributed by atoms with Crippen molar-refractivity contribution in [2.45, 2.75) is 109 Å². The minimum atomic E-state index is -0.139. The molecule has 0 saturated carbocycles. The number of hydrogen-bond acceptors (Lipinski definition) is 0. The third kappa shape index (κ3) is 19.9. The van der Waals surface area contributed by atoms with Crippen LogP contribution in [0.3, 0.4) is 0 Å². The lowest BCUT2D eigenvalue weighted by atomic mass is 10.0. The van der Waals surface area contributed by atoms with Crippen LogP contribution in [-0.2, 0) is 5.11 Å². The molecule has 0 unspecified atom stereocenters. The van der Waals surface area contributed by atoms with Crippen molar-refractivity contribution in [3.05, 3.63) is 0 Å². The Labute approximate surface area is 132 Å². The van der Waals surface area contributed by atoms with Crippen molar-refractivity contribution in [2.75, 3.05) is 13.3 Å². The van der Waals surface area contributed by atoms with E-state index in [1.54, 1.807) is 0 Å². The minimum Gasteiger partial charge on any atom is -0.251 e. The van der Waals surface area contributed by atoms with Crippen LogP contribution in [0.15, 0.2) is 0 Å². The van der Waals surface area contributed by atoms with E-state index in [9.17, 15) is 9.50 Å². The molecule has 21 heavy (non-hydrogen) atoms. The van der Waals surface area contributed by atoms with E-state index in [4.69, 9.17) is 0 Å². The van der Waals surface area contributed by atoms with Crippen LogP contribution in [0.2, 0.25) is 0 Å². The quantitative estimate of drug-likeness (QED) is 0.242. The van der Waals surface area contributed by atoms with Gasteiger partial charge in [-0.05, 0) is 12.8 Å². The SMILES string of the molecule is [O]CCCCCCCCCCCCCCCCCCCF. The second-order valence-electron chi connectivity index (χ2n) is 6.40. The zero-order valence-corrected chi connectivity index (χ0v) is 14.2. The Balaban J connectivity index is 2.90. The molecule has 0 heterocycles. The first-order valence-electron chi connectivity index (χ1n) is 9.56. The molecule has 0 aromatic rings. The summed E-state index contributed by atoms with van der Waals surface area (Å²) in [5, 5.41) is 10.3. The van der Waals surface area contributed by atoms with Gasteiger partial charge in [-0.1, -0.05) is 96.3 Å². The van der Waals surface area contributed by atoms with E-state index in [1.165, 1.54) is 83.5 Å². The molecule has 0 aliphatic carbocycles. The number of rotatable bonds is 18. The van der Waals surface area contributed by atoms with Gasteiger partial charge in [0.15, 0.2) is 0 Å². The average molecular weight is 302 g/mol. The monoisotopic (exact) mass is 301 g/mol. The van der Waals surface area contributed by atoms with Crippen molar-refractivity contribution in [3.63, 3.8) is 0 Å². The topological polar surface area (TPSA) is 19.9 Å². The van der Waals surface area contributed by atoms with Crippen LogP contribution in [0.25, 0.3) is 0 Å². The van der Waals surface area contributed by atoms with E-state index >= 15 is 0 Å². The molecule has 0 saturated heterocycles. The molecule has 2 heteroatoms. The highest BCUT2D eigenvalue weighted by molar-refractivity contribution is 4.50. The number of unbranched alkanes of at least 4 members (excludes halogenated alkanes) is 16. The zero-order chi connectivity index (χ0) is 15.4. The molecule has 0 aromatic carbocycles. The van der Waals surface area contributed by atoms with Gasteiger partial charge >= 0.3 is 0 Å². The van der Waals surface area contributed by atoms with Gasteiger partial charge in [-0.25, -0.2) is 5.11 Å². The van der Waals surface area contributed by atoms with Crippen LogP contribution in [0.4, 0.5) is 4.39 Å². The predicted octanol–water partition coefficient (Wildman–Crippen LogP) is 7.02. The second kappa shape index (κ2) is 19.9. The molecule has 0 aliphatic heterocycles. The van der Waals surface area contributed by atoms with E-state index in [0.717, 1.165) is 25.7 Å². The molecule has 0 bridgehead atoms. The van der Waals surface area contributed by atoms with Gasteiger partial charge in [-0.2, -0.15) is 0 Å². The Morgan fingerprint density at radius 2 is 0.619 bits per heavy atom. The lowest BCUT2D eigenvalue weighted by Crippen LogP contribution is -1.85. The summed E-state index contributed by atoms with van der Waals surface area (Å²) in [5.41, 5.74) is 0. The fourth-order valence-corrected chi connectivity index (χ4v) is 2.85. The minimum absolute atomic E-state index is 0.109. The van der Waals surface area contributed by atoms with Crippen molar-refractivity contribution in [2.24, 2.45) is 0 Å². The first-order chi connectivity index (χ1) is 10.4. The molecule has 0 aliphatic rings. The van der Waals surface area contributed by atoms with E-state index in [1.807, 2.05) is 0 Å². The van der Waals surface area contributed by atoms with Gasteiger partial charge < -0.3 is 0 Å². The summed E-state index contributed by atoms with van der Waals surface area (Å²) in [6.45, 7) is -0.0300. The molecule has 127 valence electrons. The summed E-state index contributed by atoms with van der Waals surface area (Å²) < 4.78 is 11.9. The summed E-state index contributed by atoms with van der Waals surface area (Å²) >= 11 is 0. The molecule has 1 radical (unpaired) electrons. The highest BCUT2D eigenvalue weighted by Gasteiger charge is 1.94. The van der Waals surface area contributed by atoms with Crippen LogP contribution in [-0.4, -0.2) is 13.3 Å². The van der Waals surface area contributed by atoms with Gasteiger partial charge in [-0.3, -0.25) is 4.39 Å². The van der Waals surface area contributed by atoms with Crippen LogP contribution >= 0.6 is 0 Å². The highest BCUT2D eigenvalue weighted by Crippen LogP contribution is 2.13. The number of alkyl halides is 1. The van der Waals surface area contributed by atoms with Crippen LogP contribution < -0.4 is 0 Å². The molecule has 0 N–H and O–H groups in total. The Morgan fingerprint density at radius 1 is 0.381 bits per heavy atom. The van der Waals surface area contributed by atoms with E-state index in [0.29, 0.717) is 0 Å². The molecular weight excluding hydrogens is 263 g/mol. The summed E-state index contributed by atoms with van der Waals surface area (Å²) in [7, 11) is 0. The summed E-state index contributed by atoms with van der Waals surface area (Å²) in [6, 6.07) is 0. The fraction of sp³-hybridized carbons (Fsp3) is 1.00. The Kier molecular flexibility index (Phi) is 19.8. The second-order valence-corrected chi connectivity index (χ2v) is 6.40. The largest absolute Gasteiger partial charge is 0.251 e. The third-order valence-corrected chi connectivity index (χ3v) is 4.28. The normalized spacial score (nSPS) is 11.1. The van der Waals surface area contributed by atoms with Crippen molar-refractivity contribution in [1.82, 2.24) is 0 Å². The zero-order valence-electron chi connectivity index (χ0n) is 14.2. The first kappa shape index (κ1) is 20.9. The molecule has 0 rings (SSSR count). The lowest BCUT2D eigenvalue weighted by molar-refractivity contribution is 0.186. The molecule has 0 fully saturated rings. The van der Waals surface area contributed by atoms with Crippen molar-refractivity contribution in [3.8, 4) is 0 Å². The summed E-state index contributed by atoms with van der Waals surface area (Å²) in [4.78, 5) is 0. The van der Waals surface area contributed by atoms with Gasteiger partial charge in [0.2, 0.25) is 0 Å². The smallest absolute Gasteiger partial charge is 0.0894 e. The van der Waals surface area contributed by atoms with Crippen molar-refractivity contribution in [1.29, 1.82) is 0 Å². The molecule has 0 aromatic heterocycles. The van der Waals surface area contributed by atoms with Gasteiger partial charge in [0.25, 0.3) is 0 Å². The van der Waals surface area contributed by atoms with Crippen LogP contribution in [0.5, 0.6) is 0 Å². The van der Waals surface area contributed by atoms with Gasteiger partial charge in [-0.15, -0.1) is 0 Å². The Bertz CT molecular complexity index is 155. The maximum atomic E-state index is 11.9. The van der Waals surface area contributed by atoms with Gasteiger partial charge in [0.1, 0.15) is 0 Å². The molecule has 0 spiro atoms. The number of hydrogen-bond donors (Lipinski definition) is 0. The summed E-state index contributed by atoms with van der Waals surface area (Å²) in [6.07, 6.45) is 21.4. The van der Waals surface area contributed by atoms with Crippen molar-refractivity contribution < 1.29 is 9.50 Å². The van der Waals surface area contributed by atoms with Crippen LogP contribution in [0, 0.1) is 0 Å². The van der Waals surface area contributed by atoms with E-state index in [2.05, 4.69) is 0 Å². The molecular formula is C19H38FO. The first-order valence-corrected chi connectivity index (χ1v) is 9.56. The average Bonchev–Trinajstić information content (AvgIpc) is 2.50. The highest BCUT2D eigenvalue weighted by atomic mass is 19.1. The lowest BCUT2D eigenvalue weighted by Gasteiger charge is -2.03. The van der Waals surface area contributed by atoms with Crippen molar-refractivity contribution >= 4 is 0 Å². The Hall–Kier alpha value is -0.110. The maximum Gasteiger partial charge on any atom is 0.0894 e. The summed E-state index contributed by atoms with van der Waals surface area (Å²) in [5.74, 6) is 0. The molecule has 0 atom stereocenters. The Morgan fingerprint density at radius 3 is 0.857 bits per heavy atom. The maximum absolute atomic E-state index is 11.9. The number of halogens is 1. The van der Waals surface area contributed by atoms with Gasteiger partial charge in [0.05, 0.1) is 13.3 Å². The molecule has 0 amide bonds. The fourth-order valence-electron chi connectivity index (χ4n) is 2.85. The van der Waals surface area contributed by atoms with Gasteiger partial charge in [0, 0.05) is 0 Å². The molecule has 1 nitrogen and oxygen atoms in total. The van der Waals surface area contributed by atoms with E-state index < -0.39 is 0 Å². The standard InChI is InChI=1S/C19H38FO/c20-18-16-14-12-10-8-6-4-2-1-3-5-7-9-11-13-15-17-19-21/h1-19H2. The van der Waals surface area contributed by atoms with Crippen LogP contribution in [0.1, 0.15) is 109 Å². The third-order valence-electron chi connectivity index (χ3n) is 4.28.